The van der Waals surface area contributed by atoms with Crippen LogP contribution in [0, 0.1) is 0 Å². The molecule has 0 aromatic carbocycles. The highest BCUT2D eigenvalue weighted by atomic mass is 19.1. The van der Waals surface area contributed by atoms with Gasteiger partial charge in [0.2, 0.25) is 0 Å². The van der Waals surface area contributed by atoms with Gasteiger partial charge in [-0.1, -0.05) is 49.8 Å². The minimum Gasteiger partial charge on any atom is -0.255 e. The zero-order valence-electron chi connectivity index (χ0n) is 9.82. The summed E-state index contributed by atoms with van der Waals surface area (Å²) >= 11 is 0. The van der Waals surface area contributed by atoms with Crippen molar-refractivity contribution in [3.05, 3.63) is 36.0 Å². The molecule has 0 fully saturated rings. The molecule has 0 heterocycles. The molecule has 1 heteroatoms. The fourth-order valence-electron chi connectivity index (χ4n) is 0.366. The predicted molar refractivity (Wildman–Crippen MR) is 61.8 cm³/mol. The average Bonchev–Trinajstić information content (AvgIpc) is 2.20. The Hall–Kier alpha value is -0.850. The normalized spacial score (nSPS) is 8.38. The Bertz CT molecular complexity index is 149. The molecule has 0 bridgehead atoms. The summed E-state index contributed by atoms with van der Waals surface area (Å²) in [5.74, 6) is 0. The molecule has 0 aliphatic carbocycles. The van der Waals surface area contributed by atoms with Crippen LogP contribution < -0.4 is 0 Å². The molecular formula is C12H23F. The molecule has 0 aromatic rings. The molecular weight excluding hydrogens is 163 g/mol. The Kier molecular flexibility index (Phi) is 24.0. The standard InChI is InChI=1S/C9H14.C2H6.CH3F/c1-5-9(4)7-6-8(2)3;2*1-2/h5-7H,1H2,2-4H3;1-2H3;1H3/b9-7-;;. The third-order valence-electron chi connectivity index (χ3n) is 1.00. The Labute approximate surface area is 82.9 Å². The molecule has 78 valence electrons. The zero-order valence-corrected chi connectivity index (χ0v) is 9.82. The van der Waals surface area contributed by atoms with Gasteiger partial charge in [0.15, 0.2) is 0 Å². The molecule has 0 amide bonds. The fraction of sp³-hybridized carbons (Fsp3) is 0.500. The van der Waals surface area contributed by atoms with Crippen LogP contribution in [0.2, 0.25) is 0 Å². The second-order valence-electron chi connectivity index (χ2n) is 2.36. The van der Waals surface area contributed by atoms with Crippen LogP contribution in [-0.2, 0) is 0 Å². The first kappa shape index (κ1) is 18.0. The van der Waals surface area contributed by atoms with E-state index in [2.05, 4.69) is 32.6 Å². The molecule has 0 aromatic heterocycles. The van der Waals surface area contributed by atoms with E-state index in [4.69, 9.17) is 0 Å². The van der Waals surface area contributed by atoms with Gasteiger partial charge < -0.3 is 0 Å². The van der Waals surface area contributed by atoms with Crippen LogP contribution in [0.3, 0.4) is 0 Å². The van der Waals surface area contributed by atoms with Gasteiger partial charge in [-0.05, 0) is 20.8 Å². The lowest BCUT2D eigenvalue weighted by Crippen LogP contribution is -1.64. The second-order valence-corrected chi connectivity index (χ2v) is 2.36. The molecule has 0 nitrogen and oxygen atoms in total. The molecule has 0 aliphatic heterocycles. The molecule has 0 saturated carbocycles. The van der Waals surface area contributed by atoms with Gasteiger partial charge in [0.1, 0.15) is 0 Å². The van der Waals surface area contributed by atoms with Crippen molar-refractivity contribution in [2.24, 2.45) is 0 Å². The third-order valence-corrected chi connectivity index (χ3v) is 1.00. The van der Waals surface area contributed by atoms with Crippen LogP contribution in [0.4, 0.5) is 4.39 Å². The number of hydrogen-bond acceptors (Lipinski definition) is 0. The molecule has 13 heavy (non-hydrogen) atoms. The van der Waals surface area contributed by atoms with Crippen molar-refractivity contribution in [2.45, 2.75) is 34.6 Å². The van der Waals surface area contributed by atoms with Gasteiger partial charge in [0.25, 0.3) is 0 Å². The lowest BCUT2D eigenvalue weighted by Gasteiger charge is -1.86. The molecule has 0 saturated heterocycles. The van der Waals surface area contributed by atoms with E-state index < -0.39 is 0 Å². The molecule has 0 aliphatic rings. The highest BCUT2D eigenvalue weighted by Crippen LogP contribution is 1.96. The first-order valence-corrected chi connectivity index (χ1v) is 4.49. The van der Waals surface area contributed by atoms with Crippen molar-refractivity contribution < 1.29 is 4.39 Å². The van der Waals surface area contributed by atoms with Gasteiger partial charge in [-0.15, -0.1) is 0 Å². The van der Waals surface area contributed by atoms with Gasteiger partial charge >= 0.3 is 0 Å². The summed E-state index contributed by atoms with van der Waals surface area (Å²) in [7, 11) is 0.500. The summed E-state index contributed by atoms with van der Waals surface area (Å²) in [5, 5.41) is 0. The third kappa shape index (κ3) is 24.7. The maximum Gasteiger partial charge on any atom is 0.0785 e. The van der Waals surface area contributed by atoms with Crippen LogP contribution >= 0.6 is 0 Å². The smallest absolute Gasteiger partial charge is 0.0785 e. The first-order chi connectivity index (χ1) is 6.16. The summed E-state index contributed by atoms with van der Waals surface area (Å²) in [6, 6.07) is 0. The van der Waals surface area contributed by atoms with E-state index in [1.165, 1.54) is 11.1 Å². The van der Waals surface area contributed by atoms with E-state index in [9.17, 15) is 4.39 Å². The molecule has 0 unspecified atom stereocenters. The summed E-state index contributed by atoms with van der Waals surface area (Å²) in [6.07, 6.45) is 5.98. The van der Waals surface area contributed by atoms with Gasteiger partial charge in [-0.2, -0.15) is 0 Å². The second kappa shape index (κ2) is 17.3. The molecule has 0 rings (SSSR count). The van der Waals surface area contributed by atoms with E-state index in [1.54, 1.807) is 0 Å². The van der Waals surface area contributed by atoms with Crippen LogP contribution in [0.15, 0.2) is 36.0 Å². The van der Waals surface area contributed by atoms with Crippen molar-refractivity contribution in [3.63, 3.8) is 0 Å². The van der Waals surface area contributed by atoms with Crippen LogP contribution in [-0.4, -0.2) is 7.18 Å². The quantitative estimate of drug-likeness (QED) is 0.548. The monoisotopic (exact) mass is 186 g/mol. The number of rotatable bonds is 2. The maximum absolute atomic E-state index is 9.50. The largest absolute Gasteiger partial charge is 0.255 e. The van der Waals surface area contributed by atoms with E-state index in [0.717, 1.165) is 0 Å². The van der Waals surface area contributed by atoms with E-state index in [1.807, 2.05) is 26.8 Å². The molecule has 0 radical (unpaired) electrons. The molecule has 0 atom stereocenters. The number of halogens is 1. The Balaban J connectivity index is -0.000000218. The zero-order chi connectivity index (χ0) is 11.3. The van der Waals surface area contributed by atoms with Crippen LogP contribution in [0.1, 0.15) is 34.6 Å². The summed E-state index contributed by atoms with van der Waals surface area (Å²) in [6.45, 7) is 13.8. The highest BCUT2D eigenvalue weighted by molar-refractivity contribution is 5.21. The van der Waals surface area contributed by atoms with Crippen molar-refractivity contribution >= 4 is 0 Å². The number of alkyl halides is 1. The van der Waals surface area contributed by atoms with Crippen LogP contribution in [0.25, 0.3) is 0 Å². The predicted octanol–water partition coefficient (Wildman–Crippen LogP) is 4.70. The topological polar surface area (TPSA) is 0 Å². The van der Waals surface area contributed by atoms with Crippen molar-refractivity contribution in [1.29, 1.82) is 0 Å². The van der Waals surface area contributed by atoms with E-state index in [-0.39, 0.29) is 0 Å². The minimum atomic E-state index is 0.500. The average molecular weight is 186 g/mol. The Morgan fingerprint density at radius 1 is 1.00 bits per heavy atom. The Morgan fingerprint density at radius 3 is 1.62 bits per heavy atom. The van der Waals surface area contributed by atoms with E-state index >= 15 is 0 Å². The van der Waals surface area contributed by atoms with Gasteiger partial charge in [0.05, 0.1) is 7.18 Å². The van der Waals surface area contributed by atoms with Gasteiger partial charge in [-0.3, -0.25) is 4.39 Å². The fourth-order valence-corrected chi connectivity index (χ4v) is 0.366. The lowest BCUT2D eigenvalue weighted by molar-refractivity contribution is 0.636. The molecule has 0 N–H and O–H groups in total. The first-order valence-electron chi connectivity index (χ1n) is 4.49. The summed E-state index contributed by atoms with van der Waals surface area (Å²) in [4.78, 5) is 0. The van der Waals surface area contributed by atoms with Gasteiger partial charge in [-0.25, -0.2) is 0 Å². The van der Waals surface area contributed by atoms with Gasteiger partial charge in [0, 0.05) is 0 Å². The number of hydrogen-bond donors (Lipinski definition) is 0. The highest BCUT2D eigenvalue weighted by Gasteiger charge is 1.74. The summed E-state index contributed by atoms with van der Waals surface area (Å²) in [5.41, 5.74) is 2.52. The van der Waals surface area contributed by atoms with E-state index in [0.29, 0.717) is 7.18 Å². The number of allylic oxidation sites excluding steroid dienone is 5. The molecule has 0 spiro atoms. The maximum atomic E-state index is 9.50. The minimum absolute atomic E-state index is 0.500. The summed E-state index contributed by atoms with van der Waals surface area (Å²) < 4.78 is 9.50. The Morgan fingerprint density at radius 2 is 1.38 bits per heavy atom. The SMILES string of the molecule is C=C/C(C)=C\C=C(C)C.CC.CF. The van der Waals surface area contributed by atoms with Crippen molar-refractivity contribution in [3.8, 4) is 0 Å². The lowest BCUT2D eigenvalue weighted by atomic mass is 10.2. The van der Waals surface area contributed by atoms with Crippen LogP contribution in [0.5, 0.6) is 0 Å². The van der Waals surface area contributed by atoms with Crippen molar-refractivity contribution in [1.82, 2.24) is 0 Å². The van der Waals surface area contributed by atoms with Crippen molar-refractivity contribution in [2.75, 3.05) is 7.18 Å².